The SMILES string of the molecule is COCCc1[nH]c2c(c1C)c(=O)oc1ccccc12. The van der Waals surface area contributed by atoms with Gasteiger partial charge in [-0.25, -0.2) is 4.79 Å². The van der Waals surface area contributed by atoms with Gasteiger partial charge in [0.15, 0.2) is 0 Å². The average molecular weight is 257 g/mol. The average Bonchev–Trinajstić information content (AvgIpc) is 2.75. The molecule has 98 valence electrons. The van der Waals surface area contributed by atoms with Crippen LogP contribution in [-0.4, -0.2) is 18.7 Å². The molecule has 0 atom stereocenters. The first-order valence-corrected chi connectivity index (χ1v) is 6.24. The van der Waals surface area contributed by atoms with Gasteiger partial charge < -0.3 is 14.1 Å². The van der Waals surface area contributed by atoms with Crippen LogP contribution in [0, 0.1) is 6.92 Å². The number of rotatable bonds is 3. The maximum absolute atomic E-state index is 12.1. The Morgan fingerprint density at radius 3 is 2.89 bits per heavy atom. The second kappa shape index (κ2) is 4.55. The van der Waals surface area contributed by atoms with Crippen molar-refractivity contribution in [2.24, 2.45) is 0 Å². The van der Waals surface area contributed by atoms with Crippen molar-refractivity contribution in [2.45, 2.75) is 13.3 Å². The number of hydrogen-bond acceptors (Lipinski definition) is 3. The minimum absolute atomic E-state index is 0.286. The summed E-state index contributed by atoms with van der Waals surface area (Å²) in [6.45, 7) is 2.56. The Kier molecular flexibility index (Phi) is 2.87. The van der Waals surface area contributed by atoms with Crippen LogP contribution in [0.15, 0.2) is 33.5 Å². The largest absolute Gasteiger partial charge is 0.422 e. The van der Waals surface area contributed by atoms with Crippen molar-refractivity contribution in [2.75, 3.05) is 13.7 Å². The van der Waals surface area contributed by atoms with Crippen LogP contribution in [0.2, 0.25) is 0 Å². The third-order valence-electron chi connectivity index (χ3n) is 3.47. The Bertz CT molecular complexity index is 798. The quantitative estimate of drug-likeness (QED) is 0.734. The topological polar surface area (TPSA) is 55.2 Å². The third kappa shape index (κ3) is 1.85. The van der Waals surface area contributed by atoms with Crippen LogP contribution >= 0.6 is 0 Å². The number of H-pyrrole nitrogens is 1. The highest BCUT2D eigenvalue weighted by atomic mass is 16.5. The van der Waals surface area contributed by atoms with Gasteiger partial charge in [-0.2, -0.15) is 0 Å². The summed E-state index contributed by atoms with van der Waals surface area (Å²) in [5, 5.41) is 1.58. The number of benzene rings is 1. The smallest absolute Gasteiger partial charge is 0.346 e. The normalized spacial score (nSPS) is 11.5. The molecule has 0 fully saturated rings. The van der Waals surface area contributed by atoms with Crippen LogP contribution in [0.25, 0.3) is 21.9 Å². The number of fused-ring (bicyclic) bond motifs is 3. The molecule has 0 aliphatic carbocycles. The lowest BCUT2D eigenvalue weighted by Gasteiger charge is -1.97. The zero-order chi connectivity index (χ0) is 13.4. The van der Waals surface area contributed by atoms with Gasteiger partial charge >= 0.3 is 5.63 Å². The van der Waals surface area contributed by atoms with Crippen molar-refractivity contribution in [1.29, 1.82) is 0 Å². The van der Waals surface area contributed by atoms with Crippen molar-refractivity contribution >= 4 is 21.9 Å². The van der Waals surface area contributed by atoms with E-state index in [9.17, 15) is 4.79 Å². The highest BCUT2D eigenvalue weighted by Crippen LogP contribution is 2.26. The van der Waals surface area contributed by atoms with E-state index in [1.807, 2.05) is 25.1 Å². The summed E-state index contributed by atoms with van der Waals surface area (Å²) in [5.41, 5.74) is 3.16. The number of aromatic nitrogens is 1. The fourth-order valence-electron chi connectivity index (χ4n) is 2.47. The van der Waals surface area contributed by atoms with Crippen LogP contribution in [0.4, 0.5) is 0 Å². The predicted octanol–water partition coefficient (Wildman–Crippen LogP) is 2.77. The Balaban J connectivity index is 2.35. The van der Waals surface area contributed by atoms with Gasteiger partial charge in [0.2, 0.25) is 0 Å². The van der Waals surface area contributed by atoms with E-state index in [1.165, 1.54) is 0 Å². The summed E-state index contributed by atoms with van der Waals surface area (Å²) in [5.74, 6) is 0. The fourth-order valence-corrected chi connectivity index (χ4v) is 2.47. The van der Waals surface area contributed by atoms with E-state index in [4.69, 9.17) is 9.15 Å². The summed E-state index contributed by atoms with van der Waals surface area (Å²) in [4.78, 5) is 15.4. The number of para-hydroxylation sites is 1. The van der Waals surface area contributed by atoms with Crippen molar-refractivity contribution in [3.8, 4) is 0 Å². The molecule has 0 aliphatic rings. The van der Waals surface area contributed by atoms with Crippen molar-refractivity contribution in [3.63, 3.8) is 0 Å². The lowest BCUT2D eigenvalue weighted by Crippen LogP contribution is -2.00. The maximum atomic E-state index is 12.1. The van der Waals surface area contributed by atoms with E-state index < -0.39 is 0 Å². The number of aryl methyl sites for hydroxylation is 1. The lowest BCUT2D eigenvalue weighted by molar-refractivity contribution is 0.201. The van der Waals surface area contributed by atoms with E-state index in [-0.39, 0.29) is 5.63 Å². The summed E-state index contributed by atoms with van der Waals surface area (Å²) in [7, 11) is 1.67. The van der Waals surface area contributed by atoms with E-state index in [2.05, 4.69) is 4.98 Å². The molecule has 2 aromatic heterocycles. The molecule has 0 radical (unpaired) electrons. The standard InChI is InChI=1S/C15H15NO3/c1-9-11(7-8-18-2)16-14-10-5-3-4-6-12(10)19-15(17)13(9)14/h3-6,16H,7-8H2,1-2H3. The maximum Gasteiger partial charge on any atom is 0.346 e. The fraction of sp³-hybridized carbons (Fsp3) is 0.267. The molecule has 0 saturated heterocycles. The molecular formula is C15H15NO3. The van der Waals surface area contributed by atoms with Gasteiger partial charge in [0.05, 0.1) is 17.5 Å². The molecule has 0 bridgehead atoms. The van der Waals surface area contributed by atoms with Gasteiger partial charge in [-0.1, -0.05) is 12.1 Å². The second-order valence-electron chi connectivity index (χ2n) is 4.61. The first kappa shape index (κ1) is 12.0. The first-order valence-electron chi connectivity index (χ1n) is 6.24. The van der Waals surface area contributed by atoms with Crippen LogP contribution in [-0.2, 0) is 11.2 Å². The van der Waals surface area contributed by atoms with Crippen molar-refractivity contribution < 1.29 is 9.15 Å². The molecule has 3 rings (SSSR count). The van der Waals surface area contributed by atoms with Crippen LogP contribution in [0.3, 0.4) is 0 Å². The van der Waals surface area contributed by atoms with Gasteiger partial charge in [0.1, 0.15) is 5.58 Å². The minimum Gasteiger partial charge on any atom is -0.422 e. The van der Waals surface area contributed by atoms with Gasteiger partial charge in [-0.15, -0.1) is 0 Å². The molecular weight excluding hydrogens is 242 g/mol. The summed E-state index contributed by atoms with van der Waals surface area (Å²) < 4.78 is 10.5. The molecule has 4 heteroatoms. The molecule has 1 aromatic carbocycles. The molecule has 0 saturated carbocycles. The number of hydrogen-bond donors (Lipinski definition) is 1. The van der Waals surface area contributed by atoms with Crippen LogP contribution in [0.5, 0.6) is 0 Å². The van der Waals surface area contributed by atoms with Gasteiger partial charge in [0.25, 0.3) is 0 Å². The first-order chi connectivity index (χ1) is 9.22. The molecule has 1 N–H and O–H groups in total. The summed E-state index contributed by atoms with van der Waals surface area (Å²) in [6.07, 6.45) is 0.755. The highest BCUT2D eigenvalue weighted by molar-refractivity contribution is 6.03. The molecule has 3 aromatic rings. The van der Waals surface area contributed by atoms with Crippen LogP contribution in [0.1, 0.15) is 11.3 Å². The van der Waals surface area contributed by atoms with Crippen molar-refractivity contribution in [1.82, 2.24) is 4.98 Å². The summed E-state index contributed by atoms with van der Waals surface area (Å²) >= 11 is 0. The highest BCUT2D eigenvalue weighted by Gasteiger charge is 2.14. The Labute approximate surface area is 110 Å². The number of aromatic amines is 1. The van der Waals surface area contributed by atoms with Gasteiger partial charge in [-0.3, -0.25) is 0 Å². The number of nitrogens with one attached hydrogen (secondary N) is 1. The van der Waals surface area contributed by atoms with E-state index in [1.54, 1.807) is 13.2 Å². The zero-order valence-corrected chi connectivity index (χ0v) is 10.9. The Hall–Kier alpha value is -2.07. The van der Waals surface area contributed by atoms with Gasteiger partial charge in [-0.05, 0) is 24.6 Å². The summed E-state index contributed by atoms with van der Waals surface area (Å²) in [6, 6.07) is 7.56. The van der Waals surface area contributed by atoms with E-state index in [0.717, 1.165) is 28.6 Å². The lowest BCUT2D eigenvalue weighted by atomic mass is 10.1. The third-order valence-corrected chi connectivity index (χ3v) is 3.47. The monoisotopic (exact) mass is 257 g/mol. The Morgan fingerprint density at radius 1 is 1.32 bits per heavy atom. The molecule has 0 amide bonds. The number of methoxy groups -OCH3 is 1. The molecule has 0 unspecified atom stereocenters. The van der Waals surface area contributed by atoms with E-state index >= 15 is 0 Å². The second-order valence-corrected chi connectivity index (χ2v) is 4.61. The molecule has 0 spiro atoms. The molecule has 2 heterocycles. The van der Waals surface area contributed by atoms with E-state index in [0.29, 0.717) is 17.6 Å². The van der Waals surface area contributed by atoms with Crippen molar-refractivity contribution in [3.05, 3.63) is 45.9 Å². The molecule has 19 heavy (non-hydrogen) atoms. The number of ether oxygens (including phenoxy) is 1. The molecule has 0 aliphatic heterocycles. The van der Waals surface area contributed by atoms with Crippen LogP contribution < -0.4 is 5.63 Å². The van der Waals surface area contributed by atoms with Gasteiger partial charge in [0, 0.05) is 24.6 Å². The zero-order valence-electron chi connectivity index (χ0n) is 10.9. The predicted molar refractivity (Wildman–Crippen MR) is 74.7 cm³/mol. The Morgan fingerprint density at radius 2 is 2.11 bits per heavy atom. The minimum atomic E-state index is -0.286. The molecule has 4 nitrogen and oxygen atoms in total.